The number of carbonyl (C=O) groups is 12. The van der Waals surface area contributed by atoms with Gasteiger partial charge in [0, 0.05) is 21.2 Å². The number of urea groups is 2. The summed E-state index contributed by atoms with van der Waals surface area (Å²) in [4.78, 5) is 164. The number of carboxylic acids is 2. The highest BCUT2D eigenvalue weighted by Crippen LogP contribution is 2.44. The molecule has 38 nitrogen and oxygen atoms in total. The molecular formula is C74H106N20O18S2+6. The first kappa shape index (κ1) is 87.7. The molecule has 2 aromatic carbocycles. The molecule has 616 valence electrons. The summed E-state index contributed by atoms with van der Waals surface area (Å²) in [7, 11) is 0. The summed E-state index contributed by atoms with van der Waals surface area (Å²) in [5.41, 5.74) is 0.979. The molecule has 4 atom stereocenters. The Hall–Kier alpha value is -10.3. The number of fused-ring (bicyclic) bond motifs is 10. The van der Waals surface area contributed by atoms with Crippen LogP contribution in [-0.4, -0.2) is 181 Å². The summed E-state index contributed by atoms with van der Waals surface area (Å²) in [6.45, 7) is 18.2. The van der Waals surface area contributed by atoms with E-state index in [2.05, 4.69) is 107 Å². The Bertz CT molecular complexity index is 4270. The second kappa shape index (κ2) is 40.6. The number of rotatable bonds is 44. The molecule has 0 aliphatic carbocycles. The third-order valence-electron chi connectivity index (χ3n) is 20.5. The number of Topliss-reactive ketones (excluding diaryl/α,β-unsaturated/α-hetero) is 4. The maximum absolute atomic E-state index is 13.5. The number of benzene rings is 2. The summed E-state index contributed by atoms with van der Waals surface area (Å²) < 4.78 is 27.5. The molecule has 114 heavy (non-hydrogen) atoms. The van der Waals surface area contributed by atoms with Crippen LogP contribution in [0.5, 0.6) is 0 Å². The van der Waals surface area contributed by atoms with E-state index in [1.807, 2.05) is 35.4 Å². The van der Waals surface area contributed by atoms with E-state index in [0.717, 1.165) is 79.4 Å². The number of hydrogen-bond donors (Lipinski definition) is 10. The lowest BCUT2D eigenvalue weighted by Gasteiger charge is -2.28. The number of amides is 8. The molecule has 40 heteroatoms. The smallest absolute Gasteiger partial charge is 0.380 e. The highest BCUT2D eigenvalue weighted by Gasteiger charge is 2.64. The number of aryl methyl sites for hydroxylation is 2. The quantitative estimate of drug-likeness (QED) is 0.00656. The van der Waals surface area contributed by atoms with Crippen molar-refractivity contribution in [3.05, 3.63) is 121 Å². The van der Waals surface area contributed by atoms with E-state index in [1.165, 1.54) is 49.1 Å². The zero-order chi connectivity index (χ0) is 82.6. The first-order chi connectivity index (χ1) is 54.6. The number of anilines is 2. The number of carbonyl (C=O) groups excluding carboxylic acids is 10. The predicted molar refractivity (Wildman–Crippen MR) is 406 cm³/mol. The minimum absolute atomic E-state index is 0.0627. The first-order valence-electron chi connectivity index (χ1n) is 38.0. The molecule has 0 radical (unpaired) electrons. The number of imidazole rings is 4. The molecule has 4 aromatic heterocycles. The van der Waals surface area contributed by atoms with E-state index < -0.39 is 71.8 Å². The lowest BCUT2D eigenvalue weighted by Crippen LogP contribution is -2.52. The fourth-order valence-corrected chi connectivity index (χ4v) is 16.1. The van der Waals surface area contributed by atoms with Gasteiger partial charge in [0.05, 0.1) is 76.4 Å². The van der Waals surface area contributed by atoms with Gasteiger partial charge in [-0.3, -0.25) is 38.4 Å². The van der Waals surface area contributed by atoms with Crippen LogP contribution in [0.15, 0.2) is 108 Å². The molecule has 0 saturated heterocycles. The number of aliphatic carboxylic acids is 2. The molecule has 6 aromatic rings. The van der Waals surface area contributed by atoms with Crippen molar-refractivity contribution in [2.45, 2.75) is 218 Å². The van der Waals surface area contributed by atoms with Gasteiger partial charge in [-0.1, -0.05) is 26.7 Å². The third kappa shape index (κ3) is 22.2. The molecule has 8 heterocycles. The lowest BCUT2D eigenvalue weighted by atomic mass is 10.1. The van der Waals surface area contributed by atoms with Crippen molar-refractivity contribution in [2.24, 2.45) is 11.8 Å². The van der Waals surface area contributed by atoms with E-state index in [-0.39, 0.29) is 94.2 Å². The Morgan fingerprint density at radius 2 is 0.772 bits per heavy atom. The van der Waals surface area contributed by atoms with Gasteiger partial charge in [-0.05, 0) is 141 Å². The van der Waals surface area contributed by atoms with Gasteiger partial charge in [-0.15, -0.1) is 36.9 Å². The largest absolute Gasteiger partial charge is 0.480 e. The standard InChI is InChI=1S/C43H57N11O12S.C31H43N9O6S/c1-6-9-34(40(61)45-32-11-13-33(14-12-32)67-66-65-44)46-42(64)47-35(41(62)63)10-7-8-19-54-26-36-48(24-38(59)50(20-28(2)55)21-29(3)56)15-17-52(36)43(54)53-18-16-49(37(53)27-54)25-39(60)51(22-30(4)57)23-31(5)58;1-4-9-24(28(41)33-22-11-13-23(14-12-22)47-46-45-32)34-30(44)35-25(29(42)43)10-7-8-19-40-20-26-36(5-2)15-17-38(26)31(40)39-18-16-37(6-3)27(39)21-40/h11-18,34-35,43H,6-10,19-27,44H2,1-5H3,(H-3,45,46,47,61,62,63,64);11-18,24-25,31H,4-10,19-21,32H2,1-3H3,(H-3,33,34,35,41,42,43,44)/p+6/t34-,35-,43?,54?;24-,25-,31?,40?/m00/s1. The van der Waals surface area contributed by atoms with Crippen molar-refractivity contribution in [2.75, 3.05) is 49.9 Å². The molecule has 4 aliphatic heterocycles. The SMILES string of the molecule is CCC[C@H](NC(=O)N[C@@H](CCCC[N+]12Cc3n(cc[n+]3CC(=O)N(CC(C)=O)CC(C)=O)C1n1cc[n+](CC(=O)N(CC(C)=O)CC(C)=O)c1C2)C(=O)O)C(=O)Nc1ccc(SOON)cc1.CCC[C@H](NC(=O)N[C@@H](CCCC[N+]12Cc3n(cc[n+]3CC)C1n1cc[n+](CC)c1C2)C(=O)O)C(=O)Nc1ccc(SOON)cc1. The van der Waals surface area contributed by atoms with Gasteiger partial charge in [-0.25, -0.2) is 46.4 Å². The molecule has 4 aliphatic rings. The number of carboxylic acid groups (broad SMARTS) is 2. The van der Waals surface area contributed by atoms with Gasteiger partial charge < -0.3 is 51.9 Å². The van der Waals surface area contributed by atoms with E-state index in [9.17, 15) is 67.7 Å². The van der Waals surface area contributed by atoms with Gasteiger partial charge in [0.1, 0.15) is 96.9 Å². The van der Waals surface area contributed by atoms with Crippen molar-refractivity contribution in [3.63, 3.8) is 0 Å². The van der Waals surface area contributed by atoms with Crippen molar-refractivity contribution in [1.82, 2.24) is 49.3 Å². The lowest BCUT2D eigenvalue weighted by molar-refractivity contribution is -0.982. The Morgan fingerprint density at radius 1 is 0.465 bits per heavy atom. The van der Waals surface area contributed by atoms with Crippen molar-refractivity contribution >= 4 is 106 Å². The zero-order valence-electron chi connectivity index (χ0n) is 65.4. The van der Waals surface area contributed by atoms with Crippen LogP contribution in [0, 0.1) is 0 Å². The van der Waals surface area contributed by atoms with E-state index in [4.69, 9.17) is 11.8 Å². The van der Waals surface area contributed by atoms with Crippen LogP contribution in [0.2, 0.25) is 0 Å². The third-order valence-corrected chi connectivity index (χ3v) is 21.7. The predicted octanol–water partition coefficient (Wildman–Crippen LogP) is 2.60. The van der Waals surface area contributed by atoms with Crippen LogP contribution in [-0.2, 0) is 119 Å². The molecule has 8 amide bonds. The van der Waals surface area contributed by atoms with E-state index in [0.29, 0.717) is 83.8 Å². The number of unbranched alkanes of at least 4 members (excludes halogenated alkanes) is 2. The number of nitrogens with two attached hydrogens (primary N) is 2. The summed E-state index contributed by atoms with van der Waals surface area (Å²) in [6, 6.07) is 7.67. The van der Waals surface area contributed by atoms with Crippen molar-refractivity contribution < 1.29 is 114 Å². The minimum atomic E-state index is -1.28. The Morgan fingerprint density at radius 3 is 1.06 bits per heavy atom. The second-order valence-corrected chi connectivity index (χ2v) is 30.6. The molecule has 0 fully saturated rings. The van der Waals surface area contributed by atoms with Gasteiger partial charge in [0.15, 0.2) is 39.3 Å². The molecule has 0 spiro atoms. The molecule has 12 N–H and O–H groups in total. The highest BCUT2D eigenvalue weighted by molar-refractivity contribution is 7.94. The van der Waals surface area contributed by atoms with Gasteiger partial charge in [-0.2, -0.15) is 11.8 Å². The zero-order valence-corrected chi connectivity index (χ0v) is 67.1. The normalized spacial score (nSPS) is 17.5. The maximum atomic E-state index is 13.5. The molecule has 0 bridgehead atoms. The van der Waals surface area contributed by atoms with Crippen LogP contribution in [0.3, 0.4) is 0 Å². The van der Waals surface area contributed by atoms with Crippen LogP contribution in [0.1, 0.15) is 155 Å². The summed E-state index contributed by atoms with van der Waals surface area (Å²) in [5.74, 6) is 8.77. The second-order valence-electron chi connectivity index (χ2n) is 29.0. The van der Waals surface area contributed by atoms with E-state index >= 15 is 0 Å². The fourth-order valence-electron chi connectivity index (χ4n) is 15.4. The minimum Gasteiger partial charge on any atom is -0.480 e. The molecular weight excluding hydrogens is 1520 g/mol. The topological polar surface area (TPSA) is 448 Å². The summed E-state index contributed by atoms with van der Waals surface area (Å²) in [6.07, 6.45) is 20.1. The van der Waals surface area contributed by atoms with Gasteiger partial charge >= 0.3 is 59.9 Å². The maximum Gasteiger partial charge on any atom is 0.380 e. The van der Waals surface area contributed by atoms with Crippen LogP contribution in [0.25, 0.3) is 0 Å². The van der Waals surface area contributed by atoms with Crippen molar-refractivity contribution in [1.29, 1.82) is 0 Å². The Balaban J connectivity index is 0.000000277. The Labute approximate surface area is 667 Å². The molecule has 0 unspecified atom stereocenters. The highest BCUT2D eigenvalue weighted by atomic mass is 32.2. The van der Waals surface area contributed by atoms with Crippen LogP contribution >= 0.6 is 24.1 Å². The van der Waals surface area contributed by atoms with Gasteiger partial charge in [0.2, 0.25) is 11.8 Å². The first-order valence-corrected chi connectivity index (χ1v) is 39.5. The summed E-state index contributed by atoms with van der Waals surface area (Å²) >= 11 is 1.79. The number of nitrogens with zero attached hydrogens (tertiary/aromatic N) is 12. The molecule has 0 saturated carbocycles. The number of aromatic nitrogens is 8. The monoisotopic (exact) mass is 1630 g/mol. The number of ketones is 4. The number of quaternary nitrogens is 2. The van der Waals surface area contributed by atoms with E-state index in [1.54, 1.807) is 70.1 Å². The summed E-state index contributed by atoms with van der Waals surface area (Å²) in [5, 5.41) is 36.0. The number of nitrogens with one attached hydrogen (secondary N) is 6. The Kier molecular flexibility index (Phi) is 31.2. The van der Waals surface area contributed by atoms with Crippen LogP contribution < -0.4 is 62.0 Å². The average molecular weight is 1630 g/mol. The van der Waals surface area contributed by atoms with Crippen LogP contribution in [0.4, 0.5) is 21.0 Å². The average Bonchev–Trinajstić information content (AvgIpc) is 1.55. The van der Waals surface area contributed by atoms with Gasteiger partial charge in [0.25, 0.3) is 11.8 Å². The number of hydrogen-bond acceptors (Lipinski definition) is 20. The van der Waals surface area contributed by atoms with Crippen molar-refractivity contribution in [3.8, 4) is 0 Å². The molecule has 10 rings (SSSR count). The fraction of sp³-hybridized carbons (Fsp3) is 0.514.